The van der Waals surface area contributed by atoms with E-state index < -0.39 is 11.7 Å². The zero-order chi connectivity index (χ0) is 34.4. The molecule has 0 N–H and O–H groups in total. The molecule has 1 atom stereocenters. The molecule has 1 unspecified atom stereocenters. The minimum atomic E-state index is -3.10. The molecule has 1 aliphatic carbocycles. The molecule has 0 aromatic heterocycles. The average Bonchev–Trinajstić information content (AvgIpc) is 2.98. The summed E-state index contributed by atoms with van der Waals surface area (Å²) in [7, 11) is 0. The van der Waals surface area contributed by atoms with Gasteiger partial charge in [0.15, 0.2) is 0 Å². The van der Waals surface area contributed by atoms with Crippen LogP contribution in [0, 0.1) is 18.3 Å². The molecule has 1 amide bonds. The number of carbonyl (C=O) groups excluding carboxylic acids is 1. The number of allylic oxidation sites excluding steroid dienone is 3. The zero-order valence-corrected chi connectivity index (χ0v) is 30.4. The third-order valence-corrected chi connectivity index (χ3v) is 8.78. The number of aryl methyl sites for hydroxylation is 1. The number of hydrogen-bond acceptors (Lipinski definition) is 4. The summed E-state index contributed by atoms with van der Waals surface area (Å²) in [5.41, 5.74) is 3.72. The second-order valence-corrected chi connectivity index (χ2v) is 13.7. The number of carbonyl (C=O) groups is 1. The van der Waals surface area contributed by atoms with Gasteiger partial charge >= 0.3 is 12.2 Å². The summed E-state index contributed by atoms with van der Waals surface area (Å²) in [5, 5.41) is 0. The first-order chi connectivity index (χ1) is 21.0. The van der Waals surface area contributed by atoms with E-state index in [0.29, 0.717) is 24.4 Å². The third-order valence-electron chi connectivity index (χ3n) is 8.78. The Balaban J connectivity index is 0.000000601. The van der Waals surface area contributed by atoms with Gasteiger partial charge in [0.25, 0.3) is 0 Å². The van der Waals surface area contributed by atoms with E-state index in [4.69, 9.17) is 9.47 Å². The predicted molar refractivity (Wildman–Crippen MR) is 183 cm³/mol. The van der Waals surface area contributed by atoms with Crippen molar-refractivity contribution in [3.05, 3.63) is 52.8 Å². The molecule has 0 bridgehead atoms. The minimum absolute atomic E-state index is 0.160. The van der Waals surface area contributed by atoms with Crippen LogP contribution in [0.4, 0.5) is 13.6 Å². The molecular formula is C38H63F2NO4. The highest BCUT2D eigenvalue weighted by molar-refractivity contribution is 5.68. The van der Waals surface area contributed by atoms with Gasteiger partial charge in [-0.1, -0.05) is 57.9 Å². The van der Waals surface area contributed by atoms with Crippen LogP contribution in [0.15, 0.2) is 47.2 Å². The Morgan fingerprint density at radius 2 is 1.53 bits per heavy atom. The Kier molecular flexibility index (Phi) is 16.7. The predicted octanol–water partition coefficient (Wildman–Crippen LogP) is 11.7. The second-order valence-electron chi connectivity index (χ2n) is 13.7. The van der Waals surface area contributed by atoms with Crippen molar-refractivity contribution in [3.8, 4) is 5.75 Å². The maximum absolute atomic E-state index is 12.4. The Morgan fingerprint density at radius 3 is 1.98 bits per heavy atom. The van der Waals surface area contributed by atoms with Crippen molar-refractivity contribution in [2.45, 2.75) is 152 Å². The molecule has 5 nitrogen and oxygen atoms in total. The monoisotopic (exact) mass is 635 g/mol. The lowest BCUT2D eigenvalue weighted by atomic mass is 9.67. The molecule has 3 rings (SSSR count). The fraction of sp³-hybridized carbons (Fsp3) is 0.711. The highest BCUT2D eigenvalue weighted by atomic mass is 19.3. The first-order valence-corrected chi connectivity index (χ1v) is 17.1. The molecule has 1 aromatic rings. The third kappa shape index (κ3) is 15.0. The normalized spacial score (nSPS) is 18.4. The summed E-state index contributed by atoms with van der Waals surface area (Å²) in [4.78, 5) is 14.3. The van der Waals surface area contributed by atoms with Gasteiger partial charge in [-0.3, -0.25) is 0 Å². The fourth-order valence-corrected chi connectivity index (χ4v) is 5.41. The largest absolute Gasteiger partial charge is 0.491 e. The number of benzene rings is 1. The lowest BCUT2D eigenvalue weighted by molar-refractivity contribution is -0.158. The highest BCUT2D eigenvalue weighted by Gasteiger charge is 2.40. The van der Waals surface area contributed by atoms with E-state index in [1.165, 1.54) is 36.1 Å². The summed E-state index contributed by atoms with van der Waals surface area (Å²) in [6.07, 6.45) is 8.33. The maximum atomic E-state index is 12.4. The van der Waals surface area contributed by atoms with E-state index in [9.17, 15) is 13.6 Å². The van der Waals surface area contributed by atoms with Gasteiger partial charge in [-0.05, 0) is 128 Å². The first-order valence-electron chi connectivity index (χ1n) is 17.1. The molecule has 0 radical (unpaired) electrons. The van der Waals surface area contributed by atoms with Crippen LogP contribution < -0.4 is 4.74 Å². The van der Waals surface area contributed by atoms with Crippen LogP contribution >= 0.6 is 0 Å². The molecule has 258 valence electrons. The van der Waals surface area contributed by atoms with Crippen LogP contribution in [0.5, 0.6) is 5.75 Å². The van der Waals surface area contributed by atoms with E-state index in [1.54, 1.807) is 12.1 Å². The van der Waals surface area contributed by atoms with Gasteiger partial charge in [-0.2, -0.15) is 8.78 Å². The number of nitrogens with zero attached hydrogens (tertiary/aromatic N) is 1. The molecule has 7 heteroatoms. The highest BCUT2D eigenvalue weighted by Crippen LogP contribution is 2.46. The Labute approximate surface area is 273 Å². The Morgan fingerprint density at radius 1 is 1.00 bits per heavy atom. The van der Waals surface area contributed by atoms with Crippen molar-refractivity contribution in [3.63, 3.8) is 0 Å². The van der Waals surface area contributed by atoms with Gasteiger partial charge in [0.2, 0.25) is 0 Å². The van der Waals surface area contributed by atoms with Crippen molar-refractivity contribution >= 4 is 6.09 Å². The molecule has 1 spiro atoms. The van der Waals surface area contributed by atoms with Gasteiger partial charge < -0.3 is 19.1 Å². The summed E-state index contributed by atoms with van der Waals surface area (Å²) >= 11 is 0. The van der Waals surface area contributed by atoms with Gasteiger partial charge in [0.05, 0.1) is 6.10 Å². The number of halogens is 2. The Bertz CT molecular complexity index is 1060. The van der Waals surface area contributed by atoms with Crippen LogP contribution in [0.1, 0.15) is 133 Å². The van der Waals surface area contributed by atoms with Crippen molar-refractivity contribution < 1.29 is 27.8 Å². The van der Waals surface area contributed by atoms with E-state index in [-0.39, 0.29) is 11.8 Å². The van der Waals surface area contributed by atoms with E-state index in [0.717, 1.165) is 62.9 Å². The van der Waals surface area contributed by atoms with Crippen molar-refractivity contribution in [2.24, 2.45) is 11.3 Å². The van der Waals surface area contributed by atoms with Crippen LogP contribution in [0.3, 0.4) is 0 Å². The van der Waals surface area contributed by atoms with Crippen LogP contribution in [0.25, 0.3) is 0 Å². The molecular weight excluding hydrogens is 572 g/mol. The van der Waals surface area contributed by atoms with Crippen molar-refractivity contribution in [1.82, 2.24) is 4.90 Å². The first kappa shape index (κ1) is 40.5. The number of rotatable bonds is 8. The van der Waals surface area contributed by atoms with Crippen LogP contribution in [-0.2, 0) is 9.47 Å². The summed E-state index contributed by atoms with van der Waals surface area (Å²) in [6, 6.07) is 6.49. The van der Waals surface area contributed by atoms with Gasteiger partial charge in [0, 0.05) is 20.0 Å². The standard InChI is InChI=1S/C27H47NO3.C9H10F2O.C2H6/c1-9-20(3)22(5)19-24(21(4)10-2)30-23-11-13-27(14-12-23)15-17-28(18-16-27)25(29)31-26(6,7)8;1-7-3-5-8(6-4-7)12-9(2,10)11;1-2/h19-20,23H,9-18H2,1-8H3;3-6H,1-2H3;1-2H3/b22-19-,24-21?;;. The molecule has 1 saturated carbocycles. The van der Waals surface area contributed by atoms with Crippen molar-refractivity contribution in [2.75, 3.05) is 13.1 Å². The van der Waals surface area contributed by atoms with Gasteiger partial charge in [0.1, 0.15) is 17.1 Å². The summed E-state index contributed by atoms with van der Waals surface area (Å²) < 4.78 is 41.0. The molecule has 1 aromatic carbocycles. The number of alkyl halides is 2. The molecule has 45 heavy (non-hydrogen) atoms. The Hall–Kier alpha value is -2.57. The molecule has 2 fully saturated rings. The van der Waals surface area contributed by atoms with Crippen molar-refractivity contribution in [1.29, 1.82) is 0 Å². The lowest BCUT2D eigenvalue weighted by Gasteiger charge is -2.46. The second kappa shape index (κ2) is 18.5. The van der Waals surface area contributed by atoms with E-state index in [1.807, 2.05) is 46.4 Å². The number of likely N-dealkylation sites (tertiary alicyclic amines) is 1. The number of hydrogen-bond donors (Lipinski definition) is 0. The molecule has 1 heterocycles. The summed E-state index contributed by atoms with van der Waals surface area (Å²) in [6.45, 7) is 25.2. The van der Waals surface area contributed by atoms with Gasteiger partial charge in [-0.25, -0.2) is 4.79 Å². The van der Waals surface area contributed by atoms with E-state index >= 15 is 0 Å². The number of ether oxygens (including phenoxy) is 3. The zero-order valence-electron chi connectivity index (χ0n) is 30.4. The minimum Gasteiger partial charge on any atom is -0.491 e. The average molecular weight is 636 g/mol. The van der Waals surface area contributed by atoms with Crippen LogP contribution in [0.2, 0.25) is 0 Å². The molecule has 1 aliphatic heterocycles. The van der Waals surface area contributed by atoms with Gasteiger partial charge in [-0.15, -0.1) is 0 Å². The SMILES string of the molecule is CC.CCC(C)=C(/C=C(/C)C(C)CC)OC1CCC2(CC1)CCN(C(=O)OC(C)(C)C)CC2.Cc1ccc(OC(C)(F)F)cc1. The number of amides is 1. The fourth-order valence-electron chi connectivity index (χ4n) is 5.41. The lowest BCUT2D eigenvalue weighted by Crippen LogP contribution is -2.46. The molecule has 2 aliphatic rings. The summed E-state index contributed by atoms with van der Waals surface area (Å²) in [5.74, 6) is 1.88. The molecule has 1 saturated heterocycles. The quantitative estimate of drug-likeness (QED) is 0.211. The smallest absolute Gasteiger partial charge is 0.410 e. The number of piperidine rings is 1. The maximum Gasteiger partial charge on any atom is 0.410 e. The topological polar surface area (TPSA) is 48.0 Å². The van der Waals surface area contributed by atoms with E-state index in [2.05, 4.69) is 45.4 Å². The van der Waals surface area contributed by atoms with Crippen LogP contribution in [-0.4, -0.2) is 41.9 Å².